The molecule has 4 nitrogen and oxygen atoms in total. The van der Waals surface area contributed by atoms with Gasteiger partial charge in [-0.25, -0.2) is 0 Å². The number of nitrogens with one attached hydrogen (secondary N) is 1. The highest BCUT2D eigenvalue weighted by Gasteiger charge is 1.88. The van der Waals surface area contributed by atoms with Crippen molar-refractivity contribution < 1.29 is 14.4 Å². The zero-order valence-electron chi connectivity index (χ0n) is 18.2. The van der Waals surface area contributed by atoms with E-state index < -0.39 is 0 Å². The molecule has 4 heteroatoms. The van der Waals surface area contributed by atoms with Crippen LogP contribution in [0.5, 0.6) is 0 Å². The number of hydrogen-bond donors (Lipinski definition) is 1. The summed E-state index contributed by atoms with van der Waals surface area (Å²) in [5, 5.41) is 2.66. The molecule has 0 heterocycles. The Morgan fingerprint density at radius 1 is 0.708 bits per heavy atom. The molecule has 0 aliphatic heterocycles. The highest BCUT2D eigenvalue weighted by molar-refractivity contribution is 5.75. The van der Waals surface area contributed by atoms with E-state index in [1.807, 2.05) is 41.5 Å². The quantitative estimate of drug-likeness (QED) is 0.667. The predicted molar refractivity (Wildman–Crippen MR) is 107 cm³/mol. The fraction of sp³-hybridized carbons (Fsp3) is 0.850. The second kappa shape index (κ2) is 37.8. The third-order valence-corrected chi connectivity index (χ3v) is 1.90. The Balaban J connectivity index is -0.0000000664. The maximum absolute atomic E-state index is 10.3. The van der Waals surface area contributed by atoms with Crippen LogP contribution < -0.4 is 5.32 Å². The second-order valence-corrected chi connectivity index (χ2v) is 4.92. The van der Waals surface area contributed by atoms with Gasteiger partial charge in [-0.05, 0) is 33.6 Å². The molecule has 1 amide bonds. The maximum atomic E-state index is 10.3. The van der Waals surface area contributed by atoms with Gasteiger partial charge in [0.25, 0.3) is 0 Å². The summed E-state index contributed by atoms with van der Waals surface area (Å²) in [5.41, 5.74) is 0. The molecule has 0 spiro atoms. The van der Waals surface area contributed by atoms with E-state index in [0.29, 0.717) is 6.42 Å². The van der Waals surface area contributed by atoms with Crippen molar-refractivity contribution in [2.24, 2.45) is 0 Å². The third kappa shape index (κ3) is 84.9. The van der Waals surface area contributed by atoms with Gasteiger partial charge in [0.15, 0.2) is 0 Å². The van der Waals surface area contributed by atoms with Crippen molar-refractivity contribution >= 4 is 17.5 Å². The minimum atomic E-state index is 0.127. The van der Waals surface area contributed by atoms with E-state index in [0.717, 1.165) is 32.2 Å². The summed E-state index contributed by atoms with van der Waals surface area (Å²) in [6.07, 6.45) is 5.28. The van der Waals surface area contributed by atoms with Crippen LogP contribution in [-0.4, -0.2) is 24.0 Å². The lowest BCUT2D eigenvalue weighted by atomic mass is 10.3. The van der Waals surface area contributed by atoms with Crippen LogP contribution >= 0.6 is 0 Å². The molecule has 0 saturated carbocycles. The first kappa shape index (κ1) is 34.2. The Kier molecular flexibility index (Phi) is 53.9. The Morgan fingerprint density at radius 3 is 1.04 bits per heavy atom. The van der Waals surface area contributed by atoms with Crippen LogP contribution in [0.15, 0.2) is 0 Å². The molecule has 24 heavy (non-hydrogen) atoms. The smallest absolute Gasteiger partial charge is 0.219 e. The third-order valence-electron chi connectivity index (χ3n) is 1.90. The topological polar surface area (TPSA) is 63.2 Å². The largest absolute Gasteiger partial charge is 0.356 e. The lowest BCUT2D eigenvalue weighted by Gasteiger charge is -1.93. The van der Waals surface area contributed by atoms with E-state index in [2.05, 4.69) is 19.2 Å². The van der Waals surface area contributed by atoms with Gasteiger partial charge in [0.05, 0.1) is 0 Å². The maximum Gasteiger partial charge on any atom is 0.219 e. The lowest BCUT2D eigenvalue weighted by Crippen LogP contribution is -2.20. The van der Waals surface area contributed by atoms with Crippen molar-refractivity contribution in [1.82, 2.24) is 5.32 Å². The Labute approximate surface area is 152 Å². The summed E-state index contributed by atoms with van der Waals surface area (Å²) in [6.45, 7) is 20.0. The van der Waals surface area contributed by atoms with E-state index in [-0.39, 0.29) is 17.5 Å². The van der Waals surface area contributed by atoms with Crippen LogP contribution in [0.25, 0.3) is 0 Å². The molecule has 0 atom stereocenters. The van der Waals surface area contributed by atoms with Crippen LogP contribution in [-0.2, 0) is 14.4 Å². The summed E-state index contributed by atoms with van der Waals surface area (Å²) >= 11 is 0. The number of ketones is 2. The number of hydrogen-bond acceptors (Lipinski definition) is 3. The highest BCUT2D eigenvalue weighted by atomic mass is 16.1. The average Bonchev–Trinajstić information content (AvgIpc) is 2.51. The summed E-state index contributed by atoms with van der Waals surface area (Å²) in [5.74, 6) is 0.706. The molecule has 148 valence electrons. The lowest BCUT2D eigenvalue weighted by molar-refractivity contribution is -0.120. The SMILES string of the molecule is CC.CCC.CCCC(C)=O.CCCC(C)=O.CCNC(=O)CC. The van der Waals surface area contributed by atoms with E-state index in [1.54, 1.807) is 13.8 Å². The predicted octanol–water partition coefficient (Wildman–Crippen LogP) is 5.73. The summed E-state index contributed by atoms with van der Waals surface area (Å²) < 4.78 is 0. The van der Waals surface area contributed by atoms with Crippen molar-refractivity contribution in [1.29, 1.82) is 0 Å². The van der Waals surface area contributed by atoms with Crippen LogP contribution in [0.4, 0.5) is 0 Å². The Hall–Kier alpha value is -1.19. The van der Waals surface area contributed by atoms with E-state index in [9.17, 15) is 14.4 Å². The molecular weight excluding hydrogens is 302 g/mol. The molecule has 0 aliphatic rings. The minimum Gasteiger partial charge on any atom is -0.356 e. The first-order valence-corrected chi connectivity index (χ1v) is 9.52. The zero-order valence-corrected chi connectivity index (χ0v) is 18.2. The molecule has 0 unspecified atom stereocenters. The molecular formula is C20H45NO3. The molecule has 0 aromatic heterocycles. The van der Waals surface area contributed by atoms with Gasteiger partial charge in [-0.2, -0.15) is 0 Å². The molecule has 0 aromatic carbocycles. The average molecular weight is 348 g/mol. The van der Waals surface area contributed by atoms with Gasteiger partial charge < -0.3 is 14.9 Å². The molecule has 0 radical (unpaired) electrons. The van der Waals surface area contributed by atoms with Crippen molar-refractivity contribution in [3.63, 3.8) is 0 Å². The van der Waals surface area contributed by atoms with Crippen molar-refractivity contribution in [2.45, 2.75) is 108 Å². The number of carbonyl (C=O) groups is 3. The second-order valence-electron chi connectivity index (χ2n) is 4.92. The summed E-state index contributed by atoms with van der Waals surface area (Å²) in [7, 11) is 0. The first-order chi connectivity index (χ1) is 11.3. The van der Waals surface area contributed by atoms with E-state index in [1.165, 1.54) is 6.42 Å². The van der Waals surface area contributed by atoms with Gasteiger partial charge >= 0.3 is 0 Å². The molecule has 1 N–H and O–H groups in total. The standard InChI is InChI=1S/C5H11NO.2C5H10O.C3H8.C2H6/c1-3-5(7)6-4-2;2*1-3-4-5(2)6;1-3-2;1-2/h3-4H2,1-2H3,(H,6,7);2*3-4H2,1-2H3;3H2,1-2H3;1-2H3. The van der Waals surface area contributed by atoms with Gasteiger partial charge in [0.1, 0.15) is 11.6 Å². The fourth-order valence-corrected chi connectivity index (χ4v) is 1.03. The Morgan fingerprint density at radius 2 is 1.00 bits per heavy atom. The molecule has 0 fully saturated rings. The van der Waals surface area contributed by atoms with Crippen LogP contribution in [0.1, 0.15) is 108 Å². The fourth-order valence-electron chi connectivity index (χ4n) is 1.03. The molecule has 0 rings (SSSR count). The van der Waals surface area contributed by atoms with E-state index >= 15 is 0 Å². The van der Waals surface area contributed by atoms with Gasteiger partial charge in [-0.1, -0.05) is 54.9 Å². The van der Waals surface area contributed by atoms with Crippen LogP contribution in [0.2, 0.25) is 0 Å². The zero-order chi connectivity index (χ0) is 20.4. The summed E-state index contributed by atoms with van der Waals surface area (Å²) in [4.78, 5) is 30.4. The number of Topliss-reactive ketones (excluding diaryl/α,β-unsaturated/α-hetero) is 2. The van der Waals surface area contributed by atoms with Gasteiger partial charge in [-0.3, -0.25) is 4.79 Å². The Bertz CT molecular complexity index is 235. The molecule has 0 aromatic rings. The number of carbonyl (C=O) groups excluding carboxylic acids is 3. The van der Waals surface area contributed by atoms with Crippen molar-refractivity contribution in [3.8, 4) is 0 Å². The van der Waals surface area contributed by atoms with E-state index in [4.69, 9.17) is 0 Å². The van der Waals surface area contributed by atoms with Gasteiger partial charge in [0, 0.05) is 25.8 Å². The van der Waals surface area contributed by atoms with Crippen molar-refractivity contribution in [3.05, 3.63) is 0 Å². The monoisotopic (exact) mass is 347 g/mol. The molecule has 0 aliphatic carbocycles. The highest BCUT2D eigenvalue weighted by Crippen LogP contribution is 1.85. The first-order valence-electron chi connectivity index (χ1n) is 9.52. The number of rotatable bonds is 6. The summed E-state index contributed by atoms with van der Waals surface area (Å²) in [6, 6.07) is 0. The van der Waals surface area contributed by atoms with Crippen LogP contribution in [0, 0.1) is 0 Å². The van der Waals surface area contributed by atoms with Crippen molar-refractivity contribution in [2.75, 3.05) is 6.54 Å². The normalized spacial score (nSPS) is 7.58. The minimum absolute atomic E-state index is 0.127. The molecule has 0 bridgehead atoms. The number of amides is 1. The van der Waals surface area contributed by atoms with Crippen LogP contribution in [0.3, 0.4) is 0 Å². The van der Waals surface area contributed by atoms with Gasteiger partial charge in [0.2, 0.25) is 5.91 Å². The van der Waals surface area contributed by atoms with Gasteiger partial charge in [-0.15, -0.1) is 0 Å². The molecule has 0 saturated heterocycles.